The lowest BCUT2D eigenvalue weighted by Gasteiger charge is -2.10. The van der Waals surface area contributed by atoms with Crippen LogP contribution in [0.5, 0.6) is 0 Å². The number of aromatic nitrogens is 2. The Hall–Kier alpha value is -2.08. The summed E-state index contributed by atoms with van der Waals surface area (Å²) in [5.74, 6) is 1.86. The first-order valence-corrected chi connectivity index (χ1v) is 7.03. The zero-order chi connectivity index (χ0) is 15.1. The molecular weight excluding hydrogens is 290 g/mol. The molecule has 7 heteroatoms. The molecule has 0 saturated heterocycles. The number of aliphatic imine (C=N–C) groups is 1. The molecule has 1 aromatic carbocycles. The van der Waals surface area contributed by atoms with Crippen LogP contribution in [0.25, 0.3) is 0 Å². The highest BCUT2D eigenvalue weighted by Crippen LogP contribution is 2.09. The second-order valence-electron chi connectivity index (χ2n) is 4.46. The molecule has 0 bridgehead atoms. The van der Waals surface area contributed by atoms with Gasteiger partial charge in [0, 0.05) is 25.5 Å². The molecule has 0 amide bonds. The molecule has 0 radical (unpaired) electrons. The highest BCUT2D eigenvalue weighted by molar-refractivity contribution is 6.30. The molecule has 0 saturated carbocycles. The van der Waals surface area contributed by atoms with Crippen LogP contribution >= 0.6 is 11.6 Å². The number of guanidine groups is 1. The second kappa shape index (κ2) is 7.64. The quantitative estimate of drug-likeness (QED) is 0.652. The second-order valence-corrected chi connectivity index (χ2v) is 4.90. The predicted molar refractivity (Wildman–Crippen MR) is 82.4 cm³/mol. The first-order chi connectivity index (χ1) is 10.2. The van der Waals surface area contributed by atoms with Gasteiger partial charge in [-0.25, -0.2) is 0 Å². The molecule has 0 aliphatic carbocycles. The van der Waals surface area contributed by atoms with Crippen LogP contribution in [0.4, 0.5) is 0 Å². The van der Waals surface area contributed by atoms with Crippen molar-refractivity contribution in [2.24, 2.45) is 4.99 Å². The molecular formula is C14H18ClN5O. The molecule has 2 aromatic rings. The van der Waals surface area contributed by atoms with Crippen LogP contribution in [-0.4, -0.2) is 29.7 Å². The van der Waals surface area contributed by atoms with Crippen molar-refractivity contribution in [1.82, 2.24) is 20.8 Å². The number of nitrogens with zero attached hydrogens (tertiary/aromatic N) is 3. The van der Waals surface area contributed by atoms with Gasteiger partial charge in [-0.15, -0.1) is 0 Å². The van der Waals surface area contributed by atoms with Gasteiger partial charge in [-0.2, -0.15) is 4.98 Å². The van der Waals surface area contributed by atoms with Crippen LogP contribution in [-0.2, 0) is 13.0 Å². The number of benzene rings is 1. The van der Waals surface area contributed by atoms with Gasteiger partial charge in [-0.3, -0.25) is 4.99 Å². The molecule has 2 N–H and O–H groups in total. The Morgan fingerprint density at radius 3 is 2.67 bits per heavy atom. The van der Waals surface area contributed by atoms with Crippen LogP contribution < -0.4 is 10.6 Å². The largest absolute Gasteiger partial charge is 0.356 e. The van der Waals surface area contributed by atoms with Gasteiger partial charge in [0.25, 0.3) is 0 Å². The van der Waals surface area contributed by atoms with E-state index in [1.54, 1.807) is 14.0 Å². The normalized spacial score (nSPS) is 11.5. The van der Waals surface area contributed by atoms with Crippen LogP contribution in [0, 0.1) is 6.92 Å². The van der Waals surface area contributed by atoms with Crippen molar-refractivity contribution in [3.05, 3.63) is 46.6 Å². The molecule has 0 atom stereocenters. The number of rotatable bonds is 5. The zero-order valence-corrected chi connectivity index (χ0v) is 12.8. The van der Waals surface area contributed by atoms with Gasteiger partial charge >= 0.3 is 0 Å². The Kier molecular flexibility index (Phi) is 5.57. The highest BCUT2D eigenvalue weighted by atomic mass is 35.5. The maximum atomic E-state index is 5.86. The van der Waals surface area contributed by atoms with Crippen molar-refractivity contribution in [1.29, 1.82) is 0 Å². The Bertz CT molecular complexity index is 594. The molecule has 21 heavy (non-hydrogen) atoms. The van der Waals surface area contributed by atoms with E-state index in [1.807, 2.05) is 24.3 Å². The van der Waals surface area contributed by atoms with Crippen molar-refractivity contribution in [3.63, 3.8) is 0 Å². The van der Waals surface area contributed by atoms with E-state index in [9.17, 15) is 0 Å². The van der Waals surface area contributed by atoms with E-state index in [1.165, 1.54) is 5.56 Å². The monoisotopic (exact) mass is 307 g/mol. The molecule has 1 aromatic heterocycles. The smallest absolute Gasteiger partial charge is 0.223 e. The first kappa shape index (κ1) is 15.3. The number of hydrogen-bond acceptors (Lipinski definition) is 4. The van der Waals surface area contributed by atoms with Gasteiger partial charge < -0.3 is 15.2 Å². The fourth-order valence-electron chi connectivity index (χ4n) is 1.77. The number of halogens is 1. The molecule has 1 heterocycles. The van der Waals surface area contributed by atoms with E-state index in [0.29, 0.717) is 24.2 Å². The predicted octanol–water partition coefficient (Wildman–Crippen LogP) is 1.94. The SMILES string of the molecule is CN=C(NCCc1ccc(Cl)cc1)NCc1noc(C)n1. The summed E-state index contributed by atoms with van der Waals surface area (Å²) in [6.45, 7) is 3.00. The fraction of sp³-hybridized carbons (Fsp3) is 0.357. The average Bonchev–Trinajstić information content (AvgIpc) is 2.90. The average molecular weight is 308 g/mol. The zero-order valence-electron chi connectivity index (χ0n) is 12.1. The summed E-state index contributed by atoms with van der Waals surface area (Å²) in [7, 11) is 1.72. The third-order valence-corrected chi connectivity index (χ3v) is 3.08. The summed E-state index contributed by atoms with van der Waals surface area (Å²) in [6, 6.07) is 7.82. The van der Waals surface area contributed by atoms with E-state index >= 15 is 0 Å². The Balaban J connectivity index is 1.74. The van der Waals surface area contributed by atoms with Gasteiger partial charge in [0.2, 0.25) is 5.89 Å². The minimum Gasteiger partial charge on any atom is -0.356 e. The van der Waals surface area contributed by atoms with E-state index in [4.69, 9.17) is 16.1 Å². The topological polar surface area (TPSA) is 75.3 Å². The number of nitrogens with one attached hydrogen (secondary N) is 2. The van der Waals surface area contributed by atoms with E-state index in [2.05, 4.69) is 25.8 Å². The van der Waals surface area contributed by atoms with Crippen LogP contribution in [0.2, 0.25) is 5.02 Å². The van der Waals surface area contributed by atoms with E-state index in [-0.39, 0.29) is 0 Å². The summed E-state index contributed by atoms with van der Waals surface area (Å²) in [5.41, 5.74) is 1.22. The van der Waals surface area contributed by atoms with Crippen molar-refractivity contribution in [2.45, 2.75) is 19.9 Å². The fourth-order valence-corrected chi connectivity index (χ4v) is 1.90. The van der Waals surface area contributed by atoms with Gasteiger partial charge in [0.05, 0.1) is 6.54 Å². The van der Waals surface area contributed by atoms with Crippen molar-refractivity contribution >= 4 is 17.6 Å². The van der Waals surface area contributed by atoms with Gasteiger partial charge in [-0.05, 0) is 24.1 Å². The first-order valence-electron chi connectivity index (χ1n) is 6.65. The van der Waals surface area contributed by atoms with Gasteiger partial charge in [0.15, 0.2) is 11.8 Å². The summed E-state index contributed by atoms with van der Waals surface area (Å²) >= 11 is 5.86. The molecule has 0 aliphatic heterocycles. The molecule has 0 spiro atoms. The van der Waals surface area contributed by atoms with Crippen molar-refractivity contribution < 1.29 is 4.52 Å². The third-order valence-electron chi connectivity index (χ3n) is 2.83. The Morgan fingerprint density at radius 1 is 1.29 bits per heavy atom. The molecule has 6 nitrogen and oxygen atoms in total. The molecule has 0 unspecified atom stereocenters. The minimum absolute atomic E-state index is 0.470. The molecule has 0 aliphatic rings. The molecule has 0 fully saturated rings. The van der Waals surface area contributed by atoms with E-state index in [0.717, 1.165) is 18.0 Å². The van der Waals surface area contributed by atoms with Crippen LogP contribution in [0.15, 0.2) is 33.8 Å². The van der Waals surface area contributed by atoms with Gasteiger partial charge in [-0.1, -0.05) is 28.9 Å². The highest BCUT2D eigenvalue weighted by Gasteiger charge is 2.03. The summed E-state index contributed by atoms with van der Waals surface area (Å²) in [5, 5.41) is 10.9. The van der Waals surface area contributed by atoms with Gasteiger partial charge in [0.1, 0.15) is 0 Å². The van der Waals surface area contributed by atoms with Crippen molar-refractivity contribution in [3.8, 4) is 0 Å². The standard InChI is InChI=1S/C14H18ClN5O/c1-10-19-13(20-21-10)9-18-14(16-2)17-8-7-11-3-5-12(15)6-4-11/h3-6H,7-9H2,1-2H3,(H2,16,17,18). The van der Waals surface area contributed by atoms with E-state index < -0.39 is 0 Å². The maximum absolute atomic E-state index is 5.86. The lowest BCUT2D eigenvalue weighted by atomic mass is 10.1. The minimum atomic E-state index is 0.470. The lowest BCUT2D eigenvalue weighted by Crippen LogP contribution is -2.38. The van der Waals surface area contributed by atoms with Crippen molar-refractivity contribution in [2.75, 3.05) is 13.6 Å². The maximum Gasteiger partial charge on any atom is 0.223 e. The Morgan fingerprint density at radius 2 is 2.05 bits per heavy atom. The van der Waals surface area contributed by atoms with Crippen LogP contribution in [0.1, 0.15) is 17.3 Å². The van der Waals surface area contributed by atoms with Crippen LogP contribution in [0.3, 0.4) is 0 Å². The summed E-state index contributed by atoms with van der Waals surface area (Å²) in [6.07, 6.45) is 0.888. The summed E-state index contributed by atoms with van der Waals surface area (Å²) in [4.78, 5) is 8.26. The third kappa shape index (κ3) is 5.07. The summed E-state index contributed by atoms with van der Waals surface area (Å²) < 4.78 is 4.91. The Labute approximate surface area is 128 Å². The molecule has 2 rings (SSSR count). The molecule has 112 valence electrons. The number of hydrogen-bond donors (Lipinski definition) is 2. The lowest BCUT2D eigenvalue weighted by molar-refractivity contribution is 0.387. The number of aryl methyl sites for hydroxylation is 1.